The zero-order valence-electron chi connectivity index (χ0n) is 15.6. The second-order valence-electron chi connectivity index (χ2n) is 5.67. The number of esters is 1. The summed E-state index contributed by atoms with van der Waals surface area (Å²) in [5, 5.41) is 6.60. The molecule has 0 radical (unpaired) electrons. The molecule has 0 heterocycles. The van der Waals surface area contributed by atoms with Gasteiger partial charge in [0.15, 0.2) is 5.96 Å². The minimum absolute atomic E-state index is 0.142. The van der Waals surface area contributed by atoms with Crippen molar-refractivity contribution in [3.63, 3.8) is 0 Å². The number of rotatable bonds is 11. The molecule has 0 aliphatic heterocycles. The summed E-state index contributed by atoms with van der Waals surface area (Å²) >= 11 is 0. The molecule has 2 N–H and O–H groups in total. The first-order valence-corrected chi connectivity index (χ1v) is 8.91. The van der Waals surface area contributed by atoms with Crippen LogP contribution in [0, 0.1) is 0 Å². The lowest BCUT2D eigenvalue weighted by molar-refractivity contribution is -0.140. The Labute approximate surface area is 151 Å². The van der Waals surface area contributed by atoms with Crippen molar-refractivity contribution in [3.05, 3.63) is 29.8 Å². The second kappa shape index (κ2) is 13.1. The molecule has 0 saturated carbocycles. The third-order valence-corrected chi connectivity index (χ3v) is 3.75. The van der Waals surface area contributed by atoms with Crippen LogP contribution >= 0.6 is 0 Å². The van der Waals surface area contributed by atoms with Crippen LogP contribution in [-0.2, 0) is 16.0 Å². The monoisotopic (exact) mass is 349 g/mol. The van der Waals surface area contributed by atoms with E-state index in [2.05, 4.69) is 39.4 Å². The third-order valence-electron chi connectivity index (χ3n) is 3.75. The molecule has 1 aromatic rings. The van der Waals surface area contributed by atoms with Gasteiger partial charge in [-0.2, -0.15) is 0 Å². The number of carbonyl (C=O) groups is 1. The molecular weight excluding hydrogens is 318 g/mol. The number of hydrogen-bond acceptors (Lipinski definition) is 4. The highest BCUT2D eigenvalue weighted by Gasteiger charge is 2.00. The lowest BCUT2D eigenvalue weighted by atomic mass is 10.1. The molecule has 0 aliphatic rings. The van der Waals surface area contributed by atoms with E-state index >= 15 is 0 Å². The summed E-state index contributed by atoms with van der Waals surface area (Å²) in [5.74, 6) is 1.57. The summed E-state index contributed by atoms with van der Waals surface area (Å²) in [6.07, 6.45) is 4.20. The first kappa shape index (κ1) is 20.8. The maximum absolute atomic E-state index is 11.0. The zero-order valence-corrected chi connectivity index (χ0v) is 15.6. The maximum atomic E-state index is 11.0. The number of hydrogen-bond donors (Lipinski definition) is 2. The first-order valence-electron chi connectivity index (χ1n) is 8.91. The Morgan fingerprint density at radius 3 is 2.48 bits per heavy atom. The van der Waals surface area contributed by atoms with Crippen LogP contribution in [-0.4, -0.2) is 45.8 Å². The van der Waals surface area contributed by atoms with Gasteiger partial charge in [-0.1, -0.05) is 18.6 Å². The van der Waals surface area contributed by atoms with Crippen LogP contribution in [0.3, 0.4) is 0 Å². The second-order valence-corrected chi connectivity index (χ2v) is 5.67. The summed E-state index contributed by atoms with van der Waals surface area (Å²) < 4.78 is 9.79. The molecule has 0 aromatic heterocycles. The van der Waals surface area contributed by atoms with Gasteiger partial charge in [-0.3, -0.25) is 9.79 Å². The van der Waals surface area contributed by atoms with Crippen LogP contribution in [0.5, 0.6) is 5.75 Å². The van der Waals surface area contributed by atoms with Crippen molar-refractivity contribution in [3.8, 4) is 5.75 Å². The molecule has 6 heteroatoms. The molecule has 0 spiro atoms. The van der Waals surface area contributed by atoms with Crippen molar-refractivity contribution in [2.75, 3.05) is 33.9 Å². The number of nitrogens with zero attached hydrogens (tertiary/aromatic N) is 1. The number of methoxy groups -OCH3 is 2. The predicted octanol–water partition coefficient (Wildman–Crippen LogP) is 2.53. The predicted molar refractivity (Wildman–Crippen MR) is 101 cm³/mol. The molecule has 0 unspecified atom stereocenters. The average Bonchev–Trinajstić information content (AvgIpc) is 2.64. The molecule has 0 aliphatic carbocycles. The molecule has 1 aromatic carbocycles. The van der Waals surface area contributed by atoms with Crippen molar-refractivity contribution < 1.29 is 14.3 Å². The van der Waals surface area contributed by atoms with Gasteiger partial charge in [0, 0.05) is 26.1 Å². The number of aliphatic imine (C=N–C) groups is 1. The van der Waals surface area contributed by atoms with E-state index in [-0.39, 0.29) is 5.97 Å². The van der Waals surface area contributed by atoms with Crippen LogP contribution in [0.1, 0.15) is 38.2 Å². The lowest BCUT2D eigenvalue weighted by Crippen LogP contribution is -2.38. The van der Waals surface area contributed by atoms with Gasteiger partial charge in [-0.15, -0.1) is 0 Å². The molecular formula is C19H31N3O3. The Morgan fingerprint density at radius 1 is 1.08 bits per heavy atom. The molecule has 140 valence electrons. The SMILES string of the molecule is CCNC(=NCCCCCC(=O)OC)NCCc1ccc(OC)cc1. The number of carbonyl (C=O) groups excluding carboxylic acids is 1. The summed E-state index contributed by atoms with van der Waals surface area (Å²) in [7, 11) is 3.10. The number of ether oxygens (including phenoxy) is 2. The van der Waals surface area contributed by atoms with E-state index in [9.17, 15) is 4.79 Å². The minimum Gasteiger partial charge on any atom is -0.497 e. The summed E-state index contributed by atoms with van der Waals surface area (Å²) in [6.45, 7) is 4.45. The van der Waals surface area contributed by atoms with Gasteiger partial charge < -0.3 is 20.1 Å². The van der Waals surface area contributed by atoms with Crippen molar-refractivity contribution in [2.45, 2.75) is 39.0 Å². The highest BCUT2D eigenvalue weighted by atomic mass is 16.5. The fourth-order valence-corrected chi connectivity index (χ4v) is 2.31. The van der Waals surface area contributed by atoms with Crippen LogP contribution in [0.2, 0.25) is 0 Å². The molecule has 0 bridgehead atoms. The molecule has 25 heavy (non-hydrogen) atoms. The minimum atomic E-state index is -0.142. The van der Waals surface area contributed by atoms with Gasteiger partial charge in [0.05, 0.1) is 14.2 Å². The normalized spacial score (nSPS) is 11.1. The highest BCUT2D eigenvalue weighted by molar-refractivity contribution is 5.79. The number of guanidine groups is 1. The maximum Gasteiger partial charge on any atom is 0.305 e. The number of benzene rings is 1. The van der Waals surface area contributed by atoms with E-state index in [0.29, 0.717) is 6.42 Å². The number of unbranched alkanes of at least 4 members (excludes halogenated alkanes) is 2. The Kier molecular flexibility index (Phi) is 10.9. The molecule has 0 fully saturated rings. The van der Waals surface area contributed by atoms with Crippen LogP contribution in [0.4, 0.5) is 0 Å². The van der Waals surface area contributed by atoms with Gasteiger partial charge >= 0.3 is 5.97 Å². The van der Waals surface area contributed by atoms with E-state index in [1.807, 2.05) is 12.1 Å². The molecule has 6 nitrogen and oxygen atoms in total. The summed E-state index contributed by atoms with van der Waals surface area (Å²) in [4.78, 5) is 15.6. The third kappa shape index (κ3) is 9.59. The quantitative estimate of drug-likeness (QED) is 0.278. The molecule has 0 amide bonds. The van der Waals surface area contributed by atoms with E-state index in [4.69, 9.17) is 4.74 Å². The summed E-state index contributed by atoms with van der Waals surface area (Å²) in [5.41, 5.74) is 1.26. The van der Waals surface area contributed by atoms with Gasteiger partial charge in [0.1, 0.15) is 5.75 Å². The standard InChI is InChI=1S/C19H31N3O3/c1-4-20-19(21-14-7-5-6-8-18(23)25-3)22-15-13-16-9-11-17(24-2)12-10-16/h9-12H,4-8,13-15H2,1-3H3,(H2,20,21,22). The van der Waals surface area contributed by atoms with Gasteiger partial charge in [0.25, 0.3) is 0 Å². The highest BCUT2D eigenvalue weighted by Crippen LogP contribution is 2.11. The Balaban J connectivity index is 2.26. The van der Waals surface area contributed by atoms with Crippen LogP contribution < -0.4 is 15.4 Å². The smallest absolute Gasteiger partial charge is 0.305 e. The number of nitrogens with one attached hydrogen (secondary N) is 2. The topological polar surface area (TPSA) is 72.0 Å². The largest absolute Gasteiger partial charge is 0.497 e. The first-order chi connectivity index (χ1) is 12.2. The molecule has 1 rings (SSSR count). The Morgan fingerprint density at radius 2 is 1.84 bits per heavy atom. The lowest BCUT2D eigenvalue weighted by Gasteiger charge is -2.11. The van der Waals surface area contributed by atoms with E-state index < -0.39 is 0 Å². The van der Waals surface area contributed by atoms with Crippen molar-refractivity contribution in [1.82, 2.24) is 10.6 Å². The van der Waals surface area contributed by atoms with E-state index in [1.165, 1.54) is 12.7 Å². The summed E-state index contributed by atoms with van der Waals surface area (Å²) in [6, 6.07) is 8.10. The Hall–Kier alpha value is -2.24. The van der Waals surface area contributed by atoms with Gasteiger partial charge in [-0.05, 0) is 43.9 Å². The van der Waals surface area contributed by atoms with Crippen molar-refractivity contribution in [2.24, 2.45) is 4.99 Å². The van der Waals surface area contributed by atoms with Gasteiger partial charge in [0.2, 0.25) is 0 Å². The van der Waals surface area contributed by atoms with Crippen LogP contribution in [0.25, 0.3) is 0 Å². The van der Waals surface area contributed by atoms with Crippen molar-refractivity contribution >= 4 is 11.9 Å². The zero-order chi connectivity index (χ0) is 18.3. The van der Waals surface area contributed by atoms with E-state index in [0.717, 1.165) is 57.0 Å². The van der Waals surface area contributed by atoms with Crippen molar-refractivity contribution in [1.29, 1.82) is 0 Å². The average molecular weight is 349 g/mol. The fraction of sp³-hybridized carbons (Fsp3) is 0.579. The molecule has 0 saturated heterocycles. The fourth-order valence-electron chi connectivity index (χ4n) is 2.31. The Bertz CT molecular complexity index is 515. The molecule has 0 atom stereocenters. The van der Waals surface area contributed by atoms with E-state index in [1.54, 1.807) is 7.11 Å². The van der Waals surface area contributed by atoms with Crippen LogP contribution in [0.15, 0.2) is 29.3 Å². The van der Waals surface area contributed by atoms with Gasteiger partial charge in [-0.25, -0.2) is 0 Å².